The van der Waals surface area contributed by atoms with Crippen LogP contribution in [-0.2, 0) is 33.2 Å². The van der Waals surface area contributed by atoms with Gasteiger partial charge >= 0.3 is 0 Å². The SMILES string of the molecule is C[C@@H](CC[C@@]1(O)O[C@H]2C[C@H]3[C@@H]4CC[C@@H]5C[C@@H](O[C@@H]6O[C@H](CO)[C@H](O)[C@H](O)[C@H]6O[C@@H]6O[C@H](CO)[C@@H](O)[C@H](O)[C@H]6O)[C@@H](O)C[C@]5(C)[C@H]4CC[C@]3(C)[C@H]2[C@@H]1C)CO[C@@H]1O[C@H](CO)[C@@H](O)[C@H](O)[C@H]1O. The van der Waals surface area contributed by atoms with Gasteiger partial charge < -0.3 is 99.5 Å². The quantitative estimate of drug-likeness (QED) is 0.0829. The lowest BCUT2D eigenvalue weighted by atomic mass is 9.44. The molecule has 28 atom stereocenters. The zero-order chi connectivity index (χ0) is 47.1. The van der Waals surface area contributed by atoms with Crippen LogP contribution in [0.3, 0.4) is 0 Å². The minimum Gasteiger partial charge on any atom is -0.394 e. The molecule has 4 saturated carbocycles. The molecule has 20 nitrogen and oxygen atoms in total. The second kappa shape index (κ2) is 19.4. The summed E-state index contributed by atoms with van der Waals surface area (Å²) < 4.78 is 41.7. The third-order valence-corrected chi connectivity index (χ3v) is 18.0. The summed E-state index contributed by atoms with van der Waals surface area (Å²) in [4.78, 5) is 0. The molecule has 13 N–H and O–H groups in total. The first kappa shape index (κ1) is 50.6. The van der Waals surface area contributed by atoms with Gasteiger partial charge in [0.05, 0.1) is 44.7 Å². The summed E-state index contributed by atoms with van der Waals surface area (Å²) in [5, 5.41) is 137. The van der Waals surface area contributed by atoms with Crippen LogP contribution in [0, 0.1) is 52.3 Å². The normalized spacial score (nSPS) is 56.1. The van der Waals surface area contributed by atoms with Gasteiger partial charge in [-0.15, -0.1) is 0 Å². The van der Waals surface area contributed by atoms with Gasteiger partial charge in [-0.05, 0) is 97.7 Å². The molecule has 8 aliphatic rings. The maximum atomic E-state index is 12.1. The third-order valence-electron chi connectivity index (χ3n) is 18.0. The maximum absolute atomic E-state index is 12.1. The Balaban J connectivity index is 0.885. The molecule has 20 heteroatoms. The van der Waals surface area contributed by atoms with E-state index in [4.69, 9.17) is 33.2 Å². The van der Waals surface area contributed by atoms with Crippen molar-refractivity contribution in [2.45, 2.75) is 202 Å². The van der Waals surface area contributed by atoms with E-state index < -0.39 is 130 Å². The number of ether oxygens (including phenoxy) is 7. The maximum Gasteiger partial charge on any atom is 0.187 e. The van der Waals surface area contributed by atoms with E-state index in [1.54, 1.807) is 0 Å². The van der Waals surface area contributed by atoms with Gasteiger partial charge in [0, 0.05) is 12.3 Å². The van der Waals surface area contributed by atoms with Gasteiger partial charge in [-0.1, -0.05) is 27.7 Å². The monoisotopic (exact) mass is 936 g/mol. The van der Waals surface area contributed by atoms with Crippen LogP contribution >= 0.6 is 0 Å². The lowest BCUT2D eigenvalue weighted by molar-refractivity contribution is -0.376. The molecule has 376 valence electrons. The van der Waals surface area contributed by atoms with Gasteiger partial charge in [-0.2, -0.15) is 0 Å². The van der Waals surface area contributed by atoms with Crippen molar-refractivity contribution in [1.82, 2.24) is 0 Å². The number of hydrogen-bond donors (Lipinski definition) is 13. The second-order valence-electron chi connectivity index (χ2n) is 21.6. The van der Waals surface area contributed by atoms with E-state index in [2.05, 4.69) is 20.8 Å². The predicted molar refractivity (Wildman–Crippen MR) is 220 cm³/mol. The van der Waals surface area contributed by atoms with E-state index in [9.17, 15) is 66.4 Å². The molecule has 4 heterocycles. The number of hydrogen-bond acceptors (Lipinski definition) is 20. The van der Waals surface area contributed by atoms with Crippen molar-refractivity contribution in [1.29, 1.82) is 0 Å². The Kier molecular flexibility index (Phi) is 15.1. The topological polar surface area (TPSA) is 328 Å². The van der Waals surface area contributed by atoms with Gasteiger partial charge in [0.1, 0.15) is 73.2 Å². The van der Waals surface area contributed by atoms with Crippen LogP contribution in [0.4, 0.5) is 0 Å². The molecular formula is C45H76O20. The first-order valence-electron chi connectivity index (χ1n) is 23.9. The molecule has 4 aliphatic heterocycles. The Bertz CT molecular complexity index is 1600. The highest BCUT2D eigenvalue weighted by Gasteiger charge is 2.69. The largest absolute Gasteiger partial charge is 0.394 e. The molecule has 0 aromatic heterocycles. The molecule has 0 unspecified atom stereocenters. The third kappa shape index (κ3) is 8.89. The highest BCUT2D eigenvalue weighted by molar-refractivity contribution is 5.15. The number of fused-ring (bicyclic) bond motifs is 7. The van der Waals surface area contributed by atoms with Crippen LogP contribution < -0.4 is 0 Å². The lowest BCUT2D eigenvalue weighted by Crippen LogP contribution is -2.65. The van der Waals surface area contributed by atoms with E-state index in [0.717, 1.165) is 32.1 Å². The standard InChI is InChI=1S/C45H76O20/c1-18(17-59-40-37(56)34(53)31(50)27(14-46)61-40)7-10-45(58)19(2)30-26(65-45)12-23-21-6-5-20-11-25(24(49)13-44(20,4)22(21)8-9-43(23,30)3)60-42-39(36(55)33(52)29(16-48)63-42)64-41-38(57)35(54)32(51)28(15-47)62-41/h18-42,46-58H,5-17H2,1-4H3/t18-,19-,20+,21+,22-,23-,24-,25+,26-,27+,28+,29+,30-,31+,32+,33-,34-,35-,36-,37+,38+,39+,40+,41-,42+,43-,44-,45+/m0/s1. The fourth-order valence-electron chi connectivity index (χ4n) is 14.2. The lowest BCUT2D eigenvalue weighted by Gasteiger charge is -2.62. The molecule has 65 heavy (non-hydrogen) atoms. The smallest absolute Gasteiger partial charge is 0.187 e. The van der Waals surface area contributed by atoms with Crippen LogP contribution in [-0.4, -0.2) is 209 Å². The number of rotatable bonds is 13. The van der Waals surface area contributed by atoms with Gasteiger partial charge in [-0.3, -0.25) is 0 Å². The van der Waals surface area contributed by atoms with Gasteiger partial charge in [0.2, 0.25) is 0 Å². The summed E-state index contributed by atoms with van der Waals surface area (Å²) in [6, 6.07) is 0. The average Bonchev–Trinajstić information content (AvgIpc) is 3.72. The fraction of sp³-hybridized carbons (Fsp3) is 1.00. The van der Waals surface area contributed by atoms with Crippen molar-refractivity contribution in [2.75, 3.05) is 26.4 Å². The van der Waals surface area contributed by atoms with E-state index in [1.165, 1.54) is 0 Å². The first-order chi connectivity index (χ1) is 30.7. The zero-order valence-electron chi connectivity index (χ0n) is 37.8. The molecule has 0 aromatic carbocycles. The summed E-state index contributed by atoms with van der Waals surface area (Å²) in [5.74, 6) is -0.194. The number of aliphatic hydroxyl groups is 13. The van der Waals surface area contributed by atoms with Crippen molar-refractivity contribution >= 4 is 0 Å². The highest BCUT2D eigenvalue weighted by atomic mass is 16.8. The zero-order valence-corrected chi connectivity index (χ0v) is 37.8. The first-order valence-corrected chi connectivity index (χ1v) is 23.9. The van der Waals surface area contributed by atoms with E-state index in [0.29, 0.717) is 43.4 Å². The average molecular weight is 937 g/mol. The highest BCUT2D eigenvalue weighted by Crippen LogP contribution is 2.71. The predicted octanol–water partition coefficient (Wildman–Crippen LogP) is -2.81. The van der Waals surface area contributed by atoms with Crippen LogP contribution in [0.2, 0.25) is 0 Å². The van der Waals surface area contributed by atoms with Crippen molar-refractivity contribution in [3.63, 3.8) is 0 Å². The van der Waals surface area contributed by atoms with Crippen LogP contribution in [0.25, 0.3) is 0 Å². The Morgan fingerprint density at radius 3 is 1.86 bits per heavy atom. The molecule has 8 fully saturated rings. The van der Waals surface area contributed by atoms with Crippen molar-refractivity contribution in [3.05, 3.63) is 0 Å². The molecular weight excluding hydrogens is 860 g/mol. The van der Waals surface area contributed by atoms with E-state index in [1.807, 2.05) is 6.92 Å². The molecule has 0 spiro atoms. The van der Waals surface area contributed by atoms with E-state index >= 15 is 0 Å². The number of aliphatic hydroxyl groups excluding tert-OH is 12. The minimum atomic E-state index is -1.81. The summed E-state index contributed by atoms with van der Waals surface area (Å²) in [5.41, 5.74) is -0.302. The van der Waals surface area contributed by atoms with Crippen LogP contribution in [0.5, 0.6) is 0 Å². The van der Waals surface area contributed by atoms with Crippen LogP contribution in [0.15, 0.2) is 0 Å². The minimum absolute atomic E-state index is 0.0708. The fourth-order valence-corrected chi connectivity index (χ4v) is 14.2. The van der Waals surface area contributed by atoms with Gasteiger partial charge in [-0.25, -0.2) is 0 Å². The molecule has 8 rings (SSSR count). The summed E-state index contributed by atoms with van der Waals surface area (Å²) in [6.45, 7) is 6.91. The van der Waals surface area contributed by atoms with Crippen molar-refractivity contribution in [2.24, 2.45) is 52.3 Å². The second-order valence-corrected chi connectivity index (χ2v) is 21.6. The van der Waals surface area contributed by atoms with E-state index in [-0.39, 0.29) is 47.2 Å². The summed E-state index contributed by atoms with van der Waals surface area (Å²) in [7, 11) is 0. The molecule has 4 aliphatic carbocycles. The molecule has 0 radical (unpaired) electrons. The molecule has 0 amide bonds. The molecule has 0 aromatic rings. The molecule has 0 bridgehead atoms. The molecule has 4 saturated heterocycles. The Labute approximate surface area is 379 Å². The Hall–Kier alpha value is -0.800. The summed E-state index contributed by atoms with van der Waals surface area (Å²) >= 11 is 0. The Morgan fingerprint density at radius 2 is 1.23 bits per heavy atom. The van der Waals surface area contributed by atoms with Crippen LogP contribution in [0.1, 0.15) is 85.5 Å². The van der Waals surface area contributed by atoms with Crippen molar-refractivity contribution < 1.29 is 99.5 Å². The van der Waals surface area contributed by atoms with Gasteiger partial charge in [0.25, 0.3) is 0 Å². The summed E-state index contributed by atoms with van der Waals surface area (Å²) in [6.07, 6.45) is -18.0. The Morgan fingerprint density at radius 1 is 0.646 bits per heavy atom. The van der Waals surface area contributed by atoms with Crippen molar-refractivity contribution in [3.8, 4) is 0 Å². The van der Waals surface area contributed by atoms with Gasteiger partial charge in [0.15, 0.2) is 24.7 Å².